The van der Waals surface area contributed by atoms with Crippen LogP contribution in [0.5, 0.6) is 11.5 Å². The topological polar surface area (TPSA) is 231 Å². The van der Waals surface area contributed by atoms with E-state index in [0.717, 1.165) is 13.2 Å². The quantitative estimate of drug-likeness (QED) is 0.303. The number of phenolic OH excluding ortho intramolecular Hbond substituents is 1. The van der Waals surface area contributed by atoms with Crippen LogP contribution in [0.25, 0.3) is 22.0 Å². The van der Waals surface area contributed by atoms with E-state index in [2.05, 4.69) is 4.98 Å². The first kappa shape index (κ1) is 23.6. The third-order valence-electron chi connectivity index (χ3n) is 4.32. The molecule has 0 aliphatic carbocycles. The molecule has 2 aromatic carbocycles. The Hall–Kier alpha value is -3.02. The molecule has 172 valence electrons. The highest BCUT2D eigenvalue weighted by atomic mass is 32.2. The van der Waals surface area contributed by atoms with E-state index < -0.39 is 67.7 Å². The van der Waals surface area contributed by atoms with Crippen molar-refractivity contribution in [1.82, 2.24) is 4.98 Å². The summed E-state index contributed by atoms with van der Waals surface area (Å²) in [6.07, 6.45) is 0. The number of nitrogens with zero attached hydrogens (tertiary/aromatic N) is 1. The van der Waals surface area contributed by atoms with Gasteiger partial charge in [-0.1, -0.05) is 0 Å². The Morgan fingerprint density at radius 1 is 0.844 bits per heavy atom. The molecular formula is C16H14N2O11S3. The minimum Gasteiger partial charge on any atom is -0.507 e. The van der Waals surface area contributed by atoms with Gasteiger partial charge in [0.2, 0.25) is 0 Å². The monoisotopic (exact) mass is 506 g/mol. The van der Waals surface area contributed by atoms with Crippen LogP contribution in [-0.2, 0) is 30.4 Å². The summed E-state index contributed by atoms with van der Waals surface area (Å²) in [7, 11) is -14.5. The number of methoxy groups -OCH3 is 1. The number of rotatable bonds is 5. The van der Waals surface area contributed by atoms with Crippen LogP contribution in [0.4, 0.5) is 5.82 Å². The van der Waals surface area contributed by atoms with Gasteiger partial charge < -0.3 is 15.6 Å². The number of hydrogen-bond donors (Lipinski definition) is 5. The molecule has 0 saturated heterocycles. The van der Waals surface area contributed by atoms with Crippen LogP contribution in [-0.4, -0.2) is 56.1 Å². The van der Waals surface area contributed by atoms with Gasteiger partial charge in [-0.05, 0) is 24.3 Å². The Bertz CT molecular complexity index is 1600. The van der Waals surface area contributed by atoms with Crippen molar-refractivity contribution < 1.29 is 48.8 Å². The van der Waals surface area contributed by atoms with Crippen molar-refractivity contribution in [1.29, 1.82) is 0 Å². The zero-order chi connectivity index (χ0) is 24.2. The maximum Gasteiger partial charge on any atom is 0.298 e. The normalized spacial score (nSPS) is 12.8. The summed E-state index contributed by atoms with van der Waals surface area (Å²) in [6.45, 7) is 0. The lowest BCUT2D eigenvalue weighted by atomic mass is 10.0. The number of aromatic nitrogens is 1. The second-order valence-corrected chi connectivity index (χ2v) is 10.5. The minimum atomic E-state index is -5.20. The summed E-state index contributed by atoms with van der Waals surface area (Å²) < 4.78 is 105. The SMILES string of the molecule is COc1cc(S(=O)(=O)O)c(-c2c(S(=O)(=O)O)cc3nc(N)ccc3c2O)cc1S(=O)(=O)O. The second-order valence-electron chi connectivity index (χ2n) is 6.33. The van der Waals surface area contributed by atoms with Gasteiger partial charge in [0.05, 0.1) is 12.6 Å². The number of fused-ring (bicyclic) bond motifs is 1. The fourth-order valence-corrected chi connectivity index (χ4v) is 5.11. The van der Waals surface area contributed by atoms with Gasteiger partial charge >= 0.3 is 0 Å². The number of nitrogen functional groups attached to an aromatic ring is 1. The number of anilines is 1. The molecule has 0 atom stereocenters. The second kappa shape index (κ2) is 7.54. The van der Waals surface area contributed by atoms with Gasteiger partial charge in [-0.25, -0.2) is 4.98 Å². The third kappa shape index (κ3) is 4.18. The van der Waals surface area contributed by atoms with Crippen LogP contribution < -0.4 is 10.5 Å². The van der Waals surface area contributed by atoms with Crippen molar-refractivity contribution in [2.45, 2.75) is 14.7 Å². The third-order valence-corrected chi connectivity index (χ3v) is 6.97. The number of nitrogens with two attached hydrogens (primary N) is 1. The molecule has 1 aromatic heterocycles. The van der Waals surface area contributed by atoms with Crippen molar-refractivity contribution in [3.8, 4) is 22.6 Å². The summed E-state index contributed by atoms with van der Waals surface area (Å²) in [5, 5.41) is 10.6. The zero-order valence-corrected chi connectivity index (χ0v) is 18.2. The lowest BCUT2D eigenvalue weighted by Crippen LogP contribution is -2.09. The van der Waals surface area contributed by atoms with Crippen molar-refractivity contribution >= 4 is 47.1 Å². The predicted molar refractivity (Wildman–Crippen MR) is 109 cm³/mol. The highest BCUT2D eigenvalue weighted by Crippen LogP contribution is 2.45. The molecule has 3 rings (SSSR count). The van der Waals surface area contributed by atoms with Crippen molar-refractivity contribution in [2.24, 2.45) is 0 Å². The van der Waals surface area contributed by atoms with Crippen LogP contribution >= 0.6 is 0 Å². The van der Waals surface area contributed by atoms with E-state index in [9.17, 15) is 44.0 Å². The molecule has 0 saturated carbocycles. The molecule has 0 unspecified atom stereocenters. The number of pyridine rings is 1. The van der Waals surface area contributed by atoms with Crippen molar-refractivity contribution in [3.63, 3.8) is 0 Å². The molecule has 0 aliphatic heterocycles. The van der Waals surface area contributed by atoms with Crippen molar-refractivity contribution in [2.75, 3.05) is 12.8 Å². The van der Waals surface area contributed by atoms with E-state index in [-0.39, 0.29) is 16.7 Å². The van der Waals surface area contributed by atoms with Gasteiger partial charge in [-0.3, -0.25) is 13.7 Å². The first-order chi connectivity index (χ1) is 14.6. The van der Waals surface area contributed by atoms with Gasteiger partial charge in [0.25, 0.3) is 30.4 Å². The molecule has 13 nitrogen and oxygen atoms in total. The highest BCUT2D eigenvalue weighted by molar-refractivity contribution is 7.86. The molecule has 6 N–H and O–H groups in total. The summed E-state index contributed by atoms with van der Waals surface area (Å²) in [5.41, 5.74) is 3.54. The van der Waals surface area contributed by atoms with E-state index in [1.165, 1.54) is 12.1 Å². The summed E-state index contributed by atoms with van der Waals surface area (Å²) in [5.74, 6) is -1.74. The Kier molecular flexibility index (Phi) is 5.57. The van der Waals surface area contributed by atoms with Gasteiger partial charge in [-0.15, -0.1) is 0 Å². The van der Waals surface area contributed by atoms with E-state index in [4.69, 9.17) is 10.5 Å². The van der Waals surface area contributed by atoms with E-state index in [1.54, 1.807) is 0 Å². The van der Waals surface area contributed by atoms with Crippen LogP contribution in [0, 0.1) is 0 Å². The molecule has 0 fully saturated rings. The fraction of sp³-hybridized carbons (Fsp3) is 0.0625. The van der Waals surface area contributed by atoms with Crippen molar-refractivity contribution in [3.05, 3.63) is 30.3 Å². The molecule has 1 heterocycles. The molecule has 0 aliphatic rings. The Labute approximate surface area is 181 Å². The van der Waals surface area contributed by atoms with Crippen LogP contribution in [0.3, 0.4) is 0 Å². The Morgan fingerprint density at radius 2 is 1.41 bits per heavy atom. The number of benzene rings is 2. The van der Waals surface area contributed by atoms with Crippen LogP contribution in [0.1, 0.15) is 0 Å². The average Bonchev–Trinajstić information content (AvgIpc) is 2.64. The summed E-state index contributed by atoms with van der Waals surface area (Å²) in [6, 6.07) is 4.12. The maximum absolute atomic E-state index is 12.1. The Morgan fingerprint density at radius 3 is 1.91 bits per heavy atom. The molecule has 0 amide bonds. The predicted octanol–water partition coefficient (Wildman–Crippen LogP) is 0.938. The number of ether oxygens (including phenoxy) is 1. The number of hydrogen-bond acceptors (Lipinski definition) is 10. The zero-order valence-electron chi connectivity index (χ0n) is 15.8. The largest absolute Gasteiger partial charge is 0.507 e. The lowest BCUT2D eigenvalue weighted by molar-refractivity contribution is 0.395. The Balaban J connectivity index is 2.66. The molecule has 0 bridgehead atoms. The minimum absolute atomic E-state index is 0.0809. The first-order valence-electron chi connectivity index (χ1n) is 8.12. The molecule has 0 spiro atoms. The average molecular weight is 506 g/mol. The standard InChI is InChI=1S/C16H14N2O11S3/c1-29-10-6-11(30(20,21)22)8(4-12(10)31(23,24)25)15-13(32(26,27)28)5-9-7(16(15)19)2-3-14(17)18-9/h2-6,19H,1H3,(H2,17,18)(H,20,21,22)(H,23,24,25)(H,26,27,28). The molecule has 0 radical (unpaired) electrons. The molecular weight excluding hydrogens is 492 g/mol. The number of phenols is 1. The van der Waals surface area contributed by atoms with Gasteiger partial charge in [0.15, 0.2) is 0 Å². The van der Waals surface area contributed by atoms with Gasteiger partial charge in [0.1, 0.15) is 32.0 Å². The smallest absolute Gasteiger partial charge is 0.298 e. The summed E-state index contributed by atoms with van der Waals surface area (Å²) >= 11 is 0. The highest BCUT2D eigenvalue weighted by Gasteiger charge is 2.31. The summed E-state index contributed by atoms with van der Waals surface area (Å²) in [4.78, 5) is 0.625. The lowest BCUT2D eigenvalue weighted by Gasteiger charge is -2.17. The van der Waals surface area contributed by atoms with Gasteiger partial charge in [0, 0.05) is 22.6 Å². The van der Waals surface area contributed by atoms with E-state index in [1.807, 2.05) is 0 Å². The van der Waals surface area contributed by atoms with E-state index in [0.29, 0.717) is 12.1 Å². The number of aromatic hydroxyl groups is 1. The fourth-order valence-electron chi connectivity index (χ4n) is 3.02. The molecule has 32 heavy (non-hydrogen) atoms. The maximum atomic E-state index is 12.1. The van der Waals surface area contributed by atoms with Gasteiger partial charge in [-0.2, -0.15) is 25.3 Å². The first-order valence-corrected chi connectivity index (χ1v) is 12.4. The molecule has 3 aromatic rings. The van der Waals surface area contributed by atoms with Crippen LogP contribution in [0.2, 0.25) is 0 Å². The van der Waals surface area contributed by atoms with Crippen LogP contribution in [0.15, 0.2) is 45.0 Å². The van der Waals surface area contributed by atoms with E-state index >= 15 is 0 Å². The molecule has 16 heteroatoms.